The van der Waals surface area contributed by atoms with E-state index < -0.39 is 10.0 Å². The summed E-state index contributed by atoms with van der Waals surface area (Å²) in [5, 5.41) is 3.23. The maximum atomic E-state index is 10.7. The second kappa shape index (κ2) is 5.80. The molecule has 1 aliphatic rings. The number of halogens is 1. The second-order valence-electron chi connectivity index (χ2n) is 3.31. The average Bonchev–Trinajstić information content (AvgIpc) is 2.02. The number of hydrogen-bond acceptors (Lipinski definition) is 3. The van der Waals surface area contributed by atoms with Crippen LogP contribution in [0.25, 0.3) is 0 Å². The van der Waals surface area contributed by atoms with Gasteiger partial charge in [-0.1, -0.05) is 0 Å². The minimum absolute atomic E-state index is 0. The highest BCUT2D eigenvalue weighted by molar-refractivity contribution is 7.88. The highest BCUT2D eigenvalue weighted by Crippen LogP contribution is 2.09. The van der Waals surface area contributed by atoms with Crippen molar-refractivity contribution in [2.45, 2.75) is 12.8 Å². The molecule has 0 radical (unpaired) electrons. The van der Waals surface area contributed by atoms with Crippen LogP contribution < -0.4 is 10.0 Å². The normalized spacial score (nSPS) is 19.5. The molecule has 0 atom stereocenters. The standard InChI is InChI=1S/C7H16N2O2S.ClH/c1-12(10,11)9-6-7-2-4-8-5-3-7;/h7-9H,2-6H2,1H3;1H. The van der Waals surface area contributed by atoms with Gasteiger partial charge in [0.1, 0.15) is 0 Å². The number of hydrogen-bond donors (Lipinski definition) is 2. The van der Waals surface area contributed by atoms with E-state index in [0.29, 0.717) is 12.5 Å². The van der Waals surface area contributed by atoms with Crippen molar-refractivity contribution in [3.8, 4) is 0 Å². The van der Waals surface area contributed by atoms with Crippen LogP contribution in [-0.4, -0.2) is 34.3 Å². The Morgan fingerprint density at radius 3 is 2.38 bits per heavy atom. The molecule has 80 valence electrons. The first-order chi connectivity index (χ1) is 5.58. The number of nitrogens with one attached hydrogen (secondary N) is 2. The van der Waals surface area contributed by atoms with Gasteiger partial charge >= 0.3 is 0 Å². The Balaban J connectivity index is 0.00000144. The average molecular weight is 229 g/mol. The summed E-state index contributed by atoms with van der Waals surface area (Å²) in [6, 6.07) is 0. The van der Waals surface area contributed by atoms with Gasteiger partial charge < -0.3 is 5.32 Å². The lowest BCUT2D eigenvalue weighted by Gasteiger charge is -2.22. The van der Waals surface area contributed by atoms with Gasteiger partial charge in [-0.2, -0.15) is 0 Å². The number of rotatable bonds is 3. The van der Waals surface area contributed by atoms with E-state index in [0.717, 1.165) is 25.9 Å². The molecule has 1 saturated heterocycles. The van der Waals surface area contributed by atoms with Crippen molar-refractivity contribution in [1.29, 1.82) is 0 Å². The fourth-order valence-electron chi connectivity index (χ4n) is 1.36. The van der Waals surface area contributed by atoms with Gasteiger partial charge in [0.05, 0.1) is 6.26 Å². The van der Waals surface area contributed by atoms with Crippen LogP contribution in [0.5, 0.6) is 0 Å². The first kappa shape index (κ1) is 13.2. The fraction of sp³-hybridized carbons (Fsp3) is 1.00. The molecule has 2 N–H and O–H groups in total. The van der Waals surface area contributed by atoms with E-state index >= 15 is 0 Å². The molecule has 0 bridgehead atoms. The lowest BCUT2D eigenvalue weighted by atomic mass is 9.99. The second-order valence-corrected chi connectivity index (χ2v) is 5.15. The van der Waals surface area contributed by atoms with Crippen LogP contribution in [0.1, 0.15) is 12.8 Å². The van der Waals surface area contributed by atoms with E-state index in [1.165, 1.54) is 6.26 Å². The predicted molar refractivity (Wildman–Crippen MR) is 55.7 cm³/mol. The van der Waals surface area contributed by atoms with Gasteiger partial charge in [0.2, 0.25) is 10.0 Å². The van der Waals surface area contributed by atoms with Gasteiger partial charge in [0.15, 0.2) is 0 Å². The van der Waals surface area contributed by atoms with Crippen LogP contribution in [0.15, 0.2) is 0 Å². The van der Waals surface area contributed by atoms with Crippen molar-refractivity contribution in [2.24, 2.45) is 5.92 Å². The predicted octanol–water partition coefficient (Wildman–Crippen LogP) is -0.0430. The molecule has 13 heavy (non-hydrogen) atoms. The van der Waals surface area contributed by atoms with Gasteiger partial charge in [0.25, 0.3) is 0 Å². The van der Waals surface area contributed by atoms with Crippen molar-refractivity contribution >= 4 is 22.4 Å². The summed E-state index contributed by atoms with van der Waals surface area (Å²) in [7, 11) is -2.99. The molecule has 0 aromatic rings. The van der Waals surface area contributed by atoms with Gasteiger partial charge in [-0.25, -0.2) is 13.1 Å². The summed E-state index contributed by atoms with van der Waals surface area (Å²) in [5.41, 5.74) is 0. The molecule has 1 aliphatic heterocycles. The minimum Gasteiger partial charge on any atom is -0.317 e. The van der Waals surface area contributed by atoms with E-state index in [2.05, 4.69) is 10.0 Å². The molecule has 0 unspecified atom stereocenters. The largest absolute Gasteiger partial charge is 0.317 e. The summed E-state index contributed by atoms with van der Waals surface area (Å²) in [5.74, 6) is 0.515. The van der Waals surface area contributed by atoms with E-state index in [-0.39, 0.29) is 12.4 Å². The monoisotopic (exact) mass is 228 g/mol. The van der Waals surface area contributed by atoms with Crippen molar-refractivity contribution in [2.75, 3.05) is 25.9 Å². The fourth-order valence-corrected chi connectivity index (χ4v) is 1.89. The van der Waals surface area contributed by atoms with Gasteiger partial charge in [-0.05, 0) is 31.8 Å². The molecule has 0 spiro atoms. The molecule has 6 heteroatoms. The van der Waals surface area contributed by atoms with Crippen molar-refractivity contribution < 1.29 is 8.42 Å². The molecular formula is C7H17ClN2O2S. The summed E-state index contributed by atoms with van der Waals surface area (Å²) in [4.78, 5) is 0. The maximum absolute atomic E-state index is 10.7. The van der Waals surface area contributed by atoms with Crippen molar-refractivity contribution in [3.63, 3.8) is 0 Å². The highest BCUT2D eigenvalue weighted by Gasteiger charge is 2.13. The molecule has 1 heterocycles. The molecule has 0 aromatic carbocycles. The Bertz CT molecular complexity index is 225. The molecule has 4 nitrogen and oxygen atoms in total. The Morgan fingerprint density at radius 1 is 1.38 bits per heavy atom. The zero-order valence-electron chi connectivity index (χ0n) is 7.75. The van der Waals surface area contributed by atoms with E-state index in [1.807, 2.05) is 0 Å². The van der Waals surface area contributed by atoms with Gasteiger partial charge in [-0.15, -0.1) is 12.4 Å². The van der Waals surface area contributed by atoms with Gasteiger partial charge in [-0.3, -0.25) is 0 Å². The van der Waals surface area contributed by atoms with Crippen LogP contribution >= 0.6 is 12.4 Å². The van der Waals surface area contributed by atoms with Crippen LogP contribution in [0, 0.1) is 5.92 Å². The minimum atomic E-state index is -2.99. The Morgan fingerprint density at radius 2 is 1.92 bits per heavy atom. The van der Waals surface area contributed by atoms with Crippen LogP contribution in [-0.2, 0) is 10.0 Å². The lowest BCUT2D eigenvalue weighted by molar-refractivity contribution is 0.373. The summed E-state index contributed by atoms with van der Waals surface area (Å²) >= 11 is 0. The molecule has 0 saturated carbocycles. The highest BCUT2D eigenvalue weighted by atomic mass is 35.5. The van der Waals surface area contributed by atoms with E-state index in [1.54, 1.807) is 0 Å². The first-order valence-corrected chi connectivity index (χ1v) is 6.12. The number of sulfonamides is 1. The summed E-state index contributed by atoms with van der Waals surface area (Å²) in [6.45, 7) is 2.62. The van der Waals surface area contributed by atoms with E-state index in [9.17, 15) is 8.42 Å². The number of piperidine rings is 1. The Labute approximate surface area is 85.9 Å². The summed E-state index contributed by atoms with van der Waals surface area (Å²) in [6.07, 6.45) is 3.35. The smallest absolute Gasteiger partial charge is 0.208 e. The third kappa shape index (κ3) is 6.26. The third-order valence-electron chi connectivity index (χ3n) is 2.09. The van der Waals surface area contributed by atoms with Crippen LogP contribution in [0.2, 0.25) is 0 Å². The Kier molecular flexibility index (Phi) is 5.87. The first-order valence-electron chi connectivity index (χ1n) is 4.23. The topological polar surface area (TPSA) is 58.2 Å². The third-order valence-corrected chi connectivity index (χ3v) is 2.78. The molecule has 0 amide bonds. The zero-order chi connectivity index (χ0) is 9.03. The van der Waals surface area contributed by atoms with Crippen LogP contribution in [0.4, 0.5) is 0 Å². The quantitative estimate of drug-likeness (QED) is 0.713. The molecule has 0 aromatic heterocycles. The lowest BCUT2D eigenvalue weighted by Crippen LogP contribution is -2.35. The zero-order valence-corrected chi connectivity index (χ0v) is 9.38. The van der Waals surface area contributed by atoms with Crippen molar-refractivity contribution in [1.82, 2.24) is 10.0 Å². The SMILES string of the molecule is CS(=O)(=O)NCC1CCNCC1.Cl. The molecule has 0 aliphatic carbocycles. The maximum Gasteiger partial charge on any atom is 0.208 e. The molecular weight excluding hydrogens is 212 g/mol. The Hall–Kier alpha value is 0.160. The van der Waals surface area contributed by atoms with Gasteiger partial charge in [0, 0.05) is 6.54 Å². The van der Waals surface area contributed by atoms with Crippen molar-refractivity contribution in [3.05, 3.63) is 0 Å². The molecule has 1 rings (SSSR count). The van der Waals surface area contributed by atoms with Crippen LogP contribution in [0.3, 0.4) is 0 Å². The summed E-state index contributed by atoms with van der Waals surface area (Å²) < 4.78 is 24.0. The van der Waals surface area contributed by atoms with E-state index in [4.69, 9.17) is 0 Å². The molecule has 1 fully saturated rings.